The highest BCUT2D eigenvalue weighted by Gasteiger charge is 2.34. The van der Waals surface area contributed by atoms with Crippen molar-refractivity contribution in [2.24, 2.45) is 7.05 Å². The van der Waals surface area contributed by atoms with Crippen LogP contribution in [0.2, 0.25) is 0 Å². The summed E-state index contributed by atoms with van der Waals surface area (Å²) in [5.41, 5.74) is 2.23. The number of likely N-dealkylation sites (tertiary alicyclic amines) is 1. The van der Waals surface area contributed by atoms with E-state index in [9.17, 15) is 0 Å². The Balaban J connectivity index is 1.56. The van der Waals surface area contributed by atoms with E-state index in [0.29, 0.717) is 12.0 Å². The van der Waals surface area contributed by atoms with Gasteiger partial charge < -0.3 is 9.26 Å². The third kappa shape index (κ3) is 2.63. The molecular formula is C16H23N5O2. The molecule has 2 aromatic rings. The Morgan fingerprint density at radius 3 is 2.87 bits per heavy atom. The van der Waals surface area contributed by atoms with Gasteiger partial charge in [-0.25, -0.2) is 4.68 Å². The van der Waals surface area contributed by atoms with Crippen molar-refractivity contribution in [3.63, 3.8) is 0 Å². The summed E-state index contributed by atoms with van der Waals surface area (Å²) in [5.74, 6) is 2.96. The SMILES string of the molecule is COc1c(C2CCCN2Cc2noc(C3CC3)n2)c(C)nn1C. The number of hydrogen-bond donors (Lipinski definition) is 0. The molecule has 3 heterocycles. The van der Waals surface area contributed by atoms with E-state index in [1.165, 1.54) is 18.4 Å². The second-order valence-corrected chi connectivity index (χ2v) is 6.58. The molecule has 1 unspecified atom stereocenters. The molecule has 124 valence electrons. The van der Waals surface area contributed by atoms with E-state index >= 15 is 0 Å². The van der Waals surface area contributed by atoms with Crippen LogP contribution in [-0.2, 0) is 13.6 Å². The first-order valence-corrected chi connectivity index (χ1v) is 8.31. The molecule has 7 heteroatoms. The fraction of sp³-hybridized carbons (Fsp3) is 0.688. The summed E-state index contributed by atoms with van der Waals surface area (Å²) in [7, 11) is 3.63. The van der Waals surface area contributed by atoms with Gasteiger partial charge in [0, 0.05) is 19.0 Å². The molecule has 1 saturated heterocycles. The van der Waals surface area contributed by atoms with Gasteiger partial charge in [-0.1, -0.05) is 5.16 Å². The van der Waals surface area contributed by atoms with E-state index in [0.717, 1.165) is 49.2 Å². The predicted octanol–water partition coefficient (Wildman–Crippen LogP) is 2.33. The molecule has 1 saturated carbocycles. The lowest BCUT2D eigenvalue weighted by Gasteiger charge is -2.23. The van der Waals surface area contributed by atoms with E-state index in [1.807, 2.05) is 18.7 Å². The van der Waals surface area contributed by atoms with E-state index < -0.39 is 0 Å². The van der Waals surface area contributed by atoms with Crippen molar-refractivity contribution < 1.29 is 9.26 Å². The number of aromatic nitrogens is 4. The smallest absolute Gasteiger partial charge is 0.229 e. The number of hydrogen-bond acceptors (Lipinski definition) is 6. The Morgan fingerprint density at radius 1 is 1.30 bits per heavy atom. The van der Waals surface area contributed by atoms with Gasteiger partial charge in [-0.15, -0.1) is 0 Å². The number of rotatable bonds is 5. The minimum Gasteiger partial charge on any atom is -0.481 e. The molecule has 23 heavy (non-hydrogen) atoms. The Kier molecular flexibility index (Phi) is 3.60. The first kappa shape index (κ1) is 14.7. The van der Waals surface area contributed by atoms with Crippen molar-refractivity contribution >= 4 is 0 Å². The molecule has 0 bridgehead atoms. The lowest BCUT2D eigenvalue weighted by molar-refractivity contribution is 0.231. The summed E-state index contributed by atoms with van der Waals surface area (Å²) < 4.78 is 12.8. The maximum Gasteiger partial charge on any atom is 0.229 e. The van der Waals surface area contributed by atoms with Gasteiger partial charge in [-0.3, -0.25) is 4.90 Å². The first-order valence-electron chi connectivity index (χ1n) is 8.31. The normalized spacial score (nSPS) is 22.0. The zero-order chi connectivity index (χ0) is 16.0. The van der Waals surface area contributed by atoms with Crippen LogP contribution in [0.5, 0.6) is 5.88 Å². The topological polar surface area (TPSA) is 69.2 Å². The summed E-state index contributed by atoms with van der Waals surface area (Å²) in [5, 5.41) is 8.68. The van der Waals surface area contributed by atoms with Crippen molar-refractivity contribution in [1.29, 1.82) is 0 Å². The second-order valence-electron chi connectivity index (χ2n) is 6.58. The number of aryl methyl sites for hydroxylation is 2. The summed E-state index contributed by atoms with van der Waals surface area (Å²) in [6.07, 6.45) is 4.63. The summed E-state index contributed by atoms with van der Waals surface area (Å²) in [6, 6.07) is 0.307. The lowest BCUT2D eigenvalue weighted by Crippen LogP contribution is -2.24. The van der Waals surface area contributed by atoms with E-state index in [2.05, 4.69) is 20.1 Å². The maximum absolute atomic E-state index is 5.58. The van der Waals surface area contributed by atoms with Gasteiger partial charge in [0.25, 0.3) is 0 Å². The summed E-state index contributed by atoms with van der Waals surface area (Å²) in [4.78, 5) is 6.97. The second kappa shape index (κ2) is 5.63. The molecule has 1 atom stereocenters. The van der Waals surface area contributed by atoms with Crippen LogP contribution in [0, 0.1) is 6.92 Å². The van der Waals surface area contributed by atoms with Gasteiger partial charge >= 0.3 is 0 Å². The Labute approximate surface area is 135 Å². The standard InChI is InChI=1S/C16H23N5O2/c1-10-14(16(22-3)20(2)18-10)12-5-4-8-21(12)9-13-17-15(23-19-13)11-6-7-11/h11-12H,4-9H2,1-3H3. The molecule has 0 spiro atoms. The molecule has 4 rings (SSSR count). The van der Waals surface area contributed by atoms with Crippen LogP contribution in [0.15, 0.2) is 4.52 Å². The van der Waals surface area contributed by atoms with E-state index in [-0.39, 0.29) is 0 Å². The number of methoxy groups -OCH3 is 1. The highest BCUT2D eigenvalue weighted by Crippen LogP contribution is 2.41. The van der Waals surface area contributed by atoms with Crippen LogP contribution in [-0.4, -0.2) is 38.5 Å². The zero-order valence-electron chi connectivity index (χ0n) is 13.9. The quantitative estimate of drug-likeness (QED) is 0.843. The van der Waals surface area contributed by atoms with Crippen LogP contribution in [0.4, 0.5) is 0 Å². The van der Waals surface area contributed by atoms with Crippen LogP contribution >= 0.6 is 0 Å². The monoisotopic (exact) mass is 317 g/mol. The largest absolute Gasteiger partial charge is 0.481 e. The van der Waals surface area contributed by atoms with E-state index in [4.69, 9.17) is 9.26 Å². The van der Waals surface area contributed by atoms with Gasteiger partial charge in [0.15, 0.2) is 5.82 Å². The van der Waals surface area contributed by atoms with Crippen LogP contribution < -0.4 is 4.74 Å². The van der Waals surface area contributed by atoms with Gasteiger partial charge in [-0.2, -0.15) is 10.1 Å². The zero-order valence-corrected chi connectivity index (χ0v) is 13.9. The molecule has 0 radical (unpaired) electrons. The van der Waals surface area contributed by atoms with Gasteiger partial charge in [-0.05, 0) is 39.2 Å². The number of nitrogens with zero attached hydrogens (tertiary/aromatic N) is 5. The van der Waals surface area contributed by atoms with Crippen molar-refractivity contribution in [2.75, 3.05) is 13.7 Å². The average molecular weight is 317 g/mol. The molecule has 2 aromatic heterocycles. The Bertz CT molecular complexity index is 703. The van der Waals surface area contributed by atoms with Crippen molar-refractivity contribution in [2.45, 2.75) is 51.1 Å². The molecule has 1 aliphatic carbocycles. The highest BCUT2D eigenvalue weighted by atomic mass is 16.5. The lowest BCUT2D eigenvalue weighted by atomic mass is 10.1. The third-order valence-corrected chi connectivity index (χ3v) is 4.86. The van der Waals surface area contributed by atoms with Gasteiger partial charge in [0.1, 0.15) is 0 Å². The molecule has 2 fully saturated rings. The van der Waals surface area contributed by atoms with Crippen LogP contribution in [0.1, 0.15) is 60.6 Å². The van der Waals surface area contributed by atoms with Gasteiger partial charge in [0.05, 0.1) is 24.9 Å². The van der Waals surface area contributed by atoms with Crippen molar-refractivity contribution in [3.8, 4) is 5.88 Å². The summed E-state index contributed by atoms with van der Waals surface area (Å²) in [6.45, 7) is 3.81. The molecule has 0 N–H and O–H groups in total. The molecule has 1 aliphatic heterocycles. The minimum absolute atomic E-state index is 0.307. The molecular weight excluding hydrogens is 294 g/mol. The first-order chi connectivity index (χ1) is 11.2. The van der Waals surface area contributed by atoms with E-state index in [1.54, 1.807) is 7.11 Å². The predicted molar refractivity (Wildman–Crippen MR) is 83.2 cm³/mol. The fourth-order valence-electron chi connectivity index (χ4n) is 3.63. The van der Waals surface area contributed by atoms with Crippen molar-refractivity contribution in [1.82, 2.24) is 24.8 Å². The molecule has 0 aromatic carbocycles. The van der Waals surface area contributed by atoms with Crippen LogP contribution in [0.3, 0.4) is 0 Å². The highest BCUT2D eigenvalue weighted by molar-refractivity contribution is 5.35. The Morgan fingerprint density at radius 2 is 2.13 bits per heavy atom. The number of ether oxygens (including phenoxy) is 1. The van der Waals surface area contributed by atoms with Crippen LogP contribution in [0.25, 0.3) is 0 Å². The average Bonchev–Trinajstić information content (AvgIpc) is 2.98. The third-order valence-electron chi connectivity index (χ3n) is 4.86. The fourth-order valence-corrected chi connectivity index (χ4v) is 3.63. The van der Waals surface area contributed by atoms with Gasteiger partial charge in [0.2, 0.25) is 11.8 Å². The Hall–Kier alpha value is -1.89. The summed E-state index contributed by atoms with van der Waals surface area (Å²) >= 11 is 0. The molecule has 2 aliphatic rings. The maximum atomic E-state index is 5.58. The molecule has 0 amide bonds. The minimum atomic E-state index is 0.307. The molecule has 7 nitrogen and oxygen atoms in total. The van der Waals surface area contributed by atoms with Crippen molar-refractivity contribution in [3.05, 3.63) is 23.0 Å².